The standard InChI is InChI=1S/C19H22N4O2S/c1-13(24)10-16-12-23(21-20-16)17-4-7-22(8-5-17)19(25)15-2-3-18-14(11-15)6-9-26-18/h2-3,6,9,11-13,17,24H,4-5,7-8,10H2,1H3. The van der Waals surface area contributed by atoms with Crippen LogP contribution in [0.25, 0.3) is 10.1 Å². The number of likely N-dealkylation sites (tertiary alicyclic amines) is 1. The average Bonchev–Trinajstić information content (AvgIpc) is 3.29. The molecule has 1 fully saturated rings. The summed E-state index contributed by atoms with van der Waals surface area (Å²) in [6.45, 7) is 3.18. The Morgan fingerprint density at radius 1 is 1.35 bits per heavy atom. The number of nitrogens with zero attached hydrogens (tertiary/aromatic N) is 4. The van der Waals surface area contributed by atoms with E-state index in [2.05, 4.69) is 16.4 Å². The molecule has 0 spiro atoms. The van der Waals surface area contributed by atoms with Crippen LogP contribution in [0.5, 0.6) is 0 Å². The molecule has 1 N–H and O–H groups in total. The van der Waals surface area contributed by atoms with E-state index in [9.17, 15) is 9.90 Å². The van der Waals surface area contributed by atoms with Crippen molar-refractivity contribution in [3.8, 4) is 0 Å². The minimum absolute atomic E-state index is 0.102. The van der Waals surface area contributed by atoms with Gasteiger partial charge in [0.1, 0.15) is 0 Å². The van der Waals surface area contributed by atoms with Crippen LogP contribution in [0.4, 0.5) is 0 Å². The first-order valence-corrected chi connectivity index (χ1v) is 9.83. The molecule has 1 unspecified atom stereocenters. The average molecular weight is 370 g/mol. The third-order valence-corrected chi connectivity index (χ3v) is 5.79. The molecule has 136 valence electrons. The van der Waals surface area contributed by atoms with Crippen molar-refractivity contribution in [2.45, 2.75) is 38.3 Å². The summed E-state index contributed by atoms with van der Waals surface area (Å²) in [5.41, 5.74) is 1.57. The van der Waals surface area contributed by atoms with E-state index < -0.39 is 6.10 Å². The highest BCUT2D eigenvalue weighted by Crippen LogP contribution is 2.25. The lowest BCUT2D eigenvalue weighted by Crippen LogP contribution is -2.39. The lowest BCUT2D eigenvalue weighted by Gasteiger charge is -2.32. The summed E-state index contributed by atoms with van der Waals surface area (Å²) in [6, 6.07) is 8.25. The summed E-state index contributed by atoms with van der Waals surface area (Å²) in [4.78, 5) is 14.7. The van der Waals surface area contributed by atoms with Crippen molar-refractivity contribution in [3.05, 3.63) is 47.1 Å². The van der Waals surface area contributed by atoms with Gasteiger partial charge in [0.25, 0.3) is 5.91 Å². The zero-order chi connectivity index (χ0) is 18.1. The van der Waals surface area contributed by atoms with Gasteiger partial charge in [-0.15, -0.1) is 16.4 Å². The van der Waals surface area contributed by atoms with Crippen LogP contribution in [-0.4, -0.2) is 50.1 Å². The zero-order valence-electron chi connectivity index (χ0n) is 14.7. The largest absolute Gasteiger partial charge is 0.393 e. The molecule has 3 heterocycles. The molecule has 6 nitrogen and oxygen atoms in total. The van der Waals surface area contributed by atoms with Gasteiger partial charge < -0.3 is 10.0 Å². The first-order valence-electron chi connectivity index (χ1n) is 8.95. The van der Waals surface area contributed by atoms with Crippen molar-refractivity contribution >= 4 is 27.3 Å². The van der Waals surface area contributed by atoms with Gasteiger partial charge in [0.2, 0.25) is 0 Å². The molecule has 3 aromatic rings. The van der Waals surface area contributed by atoms with Crippen LogP contribution in [0.3, 0.4) is 0 Å². The molecular weight excluding hydrogens is 348 g/mol. The van der Waals surface area contributed by atoms with Gasteiger partial charge in [0, 0.05) is 36.0 Å². The minimum Gasteiger partial charge on any atom is -0.393 e. The van der Waals surface area contributed by atoms with E-state index in [0.29, 0.717) is 6.42 Å². The number of aliphatic hydroxyl groups is 1. The monoisotopic (exact) mass is 370 g/mol. The van der Waals surface area contributed by atoms with Crippen molar-refractivity contribution in [1.82, 2.24) is 19.9 Å². The maximum Gasteiger partial charge on any atom is 0.253 e. The molecule has 7 heteroatoms. The van der Waals surface area contributed by atoms with E-state index in [0.717, 1.165) is 42.6 Å². The predicted octanol–water partition coefficient (Wildman–Crippen LogP) is 2.89. The quantitative estimate of drug-likeness (QED) is 0.767. The van der Waals surface area contributed by atoms with Crippen LogP contribution in [0.15, 0.2) is 35.8 Å². The van der Waals surface area contributed by atoms with Gasteiger partial charge in [-0.3, -0.25) is 4.79 Å². The van der Waals surface area contributed by atoms with Gasteiger partial charge in [-0.05, 0) is 54.8 Å². The van der Waals surface area contributed by atoms with Crippen LogP contribution >= 0.6 is 11.3 Å². The van der Waals surface area contributed by atoms with E-state index in [1.54, 1.807) is 18.3 Å². The van der Waals surface area contributed by atoms with Gasteiger partial charge in [-0.2, -0.15) is 0 Å². The SMILES string of the molecule is CC(O)Cc1cn(C2CCN(C(=O)c3ccc4sccc4c3)CC2)nn1. The fraction of sp³-hybridized carbons (Fsp3) is 0.421. The number of rotatable bonds is 4. The van der Waals surface area contributed by atoms with Crippen molar-refractivity contribution in [2.24, 2.45) is 0 Å². The molecule has 1 saturated heterocycles. The summed E-state index contributed by atoms with van der Waals surface area (Å²) < 4.78 is 3.09. The lowest BCUT2D eigenvalue weighted by atomic mass is 10.0. The fourth-order valence-corrected chi connectivity index (χ4v) is 4.27. The Kier molecular flexibility index (Phi) is 4.74. The topological polar surface area (TPSA) is 71.2 Å². The van der Waals surface area contributed by atoms with Crippen LogP contribution in [0.2, 0.25) is 0 Å². The zero-order valence-corrected chi connectivity index (χ0v) is 15.5. The van der Waals surface area contributed by atoms with E-state index in [-0.39, 0.29) is 11.9 Å². The summed E-state index contributed by atoms with van der Waals surface area (Å²) in [5.74, 6) is 0.102. The number of fused-ring (bicyclic) bond motifs is 1. The Labute approximate surface area is 156 Å². The van der Waals surface area contributed by atoms with Crippen molar-refractivity contribution in [3.63, 3.8) is 0 Å². The van der Waals surface area contributed by atoms with Gasteiger partial charge in [-0.25, -0.2) is 4.68 Å². The number of hydrogen-bond acceptors (Lipinski definition) is 5. The Morgan fingerprint density at radius 3 is 2.92 bits per heavy atom. The molecule has 2 aromatic heterocycles. The number of carbonyl (C=O) groups excluding carboxylic acids is 1. The highest BCUT2D eigenvalue weighted by atomic mass is 32.1. The normalized spacial score (nSPS) is 16.9. The van der Waals surface area contributed by atoms with Crippen LogP contribution in [-0.2, 0) is 6.42 Å². The molecule has 0 saturated carbocycles. The third-order valence-electron chi connectivity index (χ3n) is 4.89. The molecule has 0 aliphatic carbocycles. The van der Waals surface area contributed by atoms with E-state index in [4.69, 9.17) is 0 Å². The molecule has 1 aliphatic rings. The molecule has 1 atom stereocenters. The third kappa shape index (κ3) is 3.50. The van der Waals surface area contributed by atoms with Gasteiger partial charge >= 0.3 is 0 Å². The molecule has 26 heavy (non-hydrogen) atoms. The van der Waals surface area contributed by atoms with E-state index in [1.807, 2.05) is 39.4 Å². The maximum atomic E-state index is 12.8. The minimum atomic E-state index is -0.416. The molecule has 1 aliphatic heterocycles. The molecule has 1 amide bonds. The second-order valence-corrected chi connectivity index (χ2v) is 7.89. The Bertz CT molecular complexity index is 909. The van der Waals surface area contributed by atoms with E-state index in [1.165, 1.54) is 4.70 Å². The Hall–Kier alpha value is -2.25. The van der Waals surface area contributed by atoms with Crippen LogP contribution < -0.4 is 0 Å². The molecule has 1 aromatic carbocycles. The highest BCUT2D eigenvalue weighted by molar-refractivity contribution is 7.17. The first kappa shape index (κ1) is 17.2. The van der Waals surface area contributed by atoms with Crippen molar-refractivity contribution in [2.75, 3.05) is 13.1 Å². The number of hydrogen-bond donors (Lipinski definition) is 1. The Morgan fingerprint density at radius 2 is 2.15 bits per heavy atom. The molecule has 0 radical (unpaired) electrons. The first-order chi connectivity index (χ1) is 12.6. The van der Waals surface area contributed by atoms with Gasteiger partial charge in [0.15, 0.2) is 0 Å². The lowest BCUT2D eigenvalue weighted by molar-refractivity contribution is 0.0689. The molecule has 4 rings (SSSR count). The van der Waals surface area contributed by atoms with Crippen molar-refractivity contribution in [1.29, 1.82) is 0 Å². The Balaban J connectivity index is 1.39. The summed E-state index contributed by atoms with van der Waals surface area (Å²) in [7, 11) is 0. The number of amides is 1. The predicted molar refractivity (Wildman–Crippen MR) is 101 cm³/mol. The second-order valence-electron chi connectivity index (χ2n) is 6.94. The summed E-state index contributed by atoms with van der Waals surface area (Å²) in [5, 5.41) is 21.0. The number of carbonyl (C=O) groups is 1. The number of aliphatic hydroxyl groups excluding tert-OH is 1. The number of aromatic nitrogens is 3. The fourth-order valence-electron chi connectivity index (χ4n) is 3.50. The van der Waals surface area contributed by atoms with Crippen LogP contribution in [0.1, 0.15) is 41.9 Å². The smallest absolute Gasteiger partial charge is 0.253 e. The maximum absolute atomic E-state index is 12.8. The number of thiophene rings is 1. The summed E-state index contributed by atoms with van der Waals surface area (Å²) >= 11 is 1.69. The van der Waals surface area contributed by atoms with Crippen molar-refractivity contribution < 1.29 is 9.90 Å². The second kappa shape index (κ2) is 7.17. The number of piperidine rings is 1. The summed E-state index contributed by atoms with van der Waals surface area (Å²) in [6.07, 6.45) is 3.75. The number of benzene rings is 1. The molecular formula is C19H22N4O2S. The highest BCUT2D eigenvalue weighted by Gasteiger charge is 2.25. The van der Waals surface area contributed by atoms with Crippen LogP contribution in [0, 0.1) is 0 Å². The van der Waals surface area contributed by atoms with Gasteiger partial charge in [0.05, 0.1) is 17.8 Å². The van der Waals surface area contributed by atoms with E-state index >= 15 is 0 Å². The molecule has 0 bridgehead atoms. The van der Waals surface area contributed by atoms with Gasteiger partial charge in [-0.1, -0.05) is 5.21 Å².